The minimum Gasteiger partial charge on any atom is -0.350 e. The number of carbonyl (C=O) groups is 1. The Morgan fingerprint density at radius 3 is 2.57 bits per heavy atom. The second-order valence-corrected chi connectivity index (χ2v) is 5.56. The molecule has 0 radical (unpaired) electrons. The van der Waals surface area contributed by atoms with Gasteiger partial charge in [0.05, 0.1) is 17.7 Å². The molecule has 21 heavy (non-hydrogen) atoms. The molecule has 0 saturated heterocycles. The molecule has 2 aromatic rings. The number of nitrogens with one attached hydrogen (secondary N) is 1. The van der Waals surface area contributed by atoms with Crippen LogP contribution in [-0.2, 0) is 16.8 Å². The number of pyridine rings is 1. The first-order valence-corrected chi connectivity index (χ1v) is 6.87. The summed E-state index contributed by atoms with van der Waals surface area (Å²) >= 11 is 0. The van der Waals surface area contributed by atoms with Gasteiger partial charge < -0.3 is 5.32 Å². The zero-order chi connectivity index (χ0) is 15.5. The molecule has 0 unspecified atom stereocenters. The normalized spacial score (nSPS) is 11.2. The maximum Gasteiger partial charge on any atom is 0.230 e. The van der Waals surface area contributed by atoms with Gasteiger partial charge in [-0.25, -0.2) is 4.39 Å². The highest BCUT2D eigenvalue weighted by molar-refractivity contribution is 5.87. The smallest absolute Gasteiger partial charge is 0.230 e. The molecule has 0 atom stereocenters. The van der Waals surface area contributed by atoms with E-state index in [9.17, 15) is 9.18 Å². The van der Waals surface area contributed by atoms with E-state index in [4.69, 9.17) is 0 Å². The Kier molecular flexibility index (Phi) is 4.36. The van der Waals surface area contributed by atoms with Crippen LogP contribution in [-0.4, -0.2) is 10.9 Å². The Labute approximate surface area is 124 Å². The Hall–Kier alpha value is -2.23. The molecule has 4 heteroatoms. The van der Waals surface area contributed by atoms with Crippen molar-refractivity contribution in [2.45, 2.75) is 32.7 Å². The van der Waals surface area contributed by atoms with Crippen LogP contribution in [0, 0.1) is 12.7 Å². The van der Waals surface area contributed by atoms with Gasteiger partial charge >= 0.3 is 0 Å². The summed E-state index contributed by atoms with van der Waals surface area (Å²) in [6, 6.07) is 12.0. The third-order valence-corrected chi connectivity index (χ3v) is 3.49. The lowest BCUT2D eigenvalue weighted by atomic mass is 9.83. The van der Waals surface area contributed by atoms with Gasteiger partial charge in [0.1, 0.15) is 5.82 Å². The van der Waals surface area contributed by atoms with Crippen LogP contribution in [0.15, 0.2) is 42.5 Å². The van der Waals surface area contributed by atoms with E-state index in [0.29, 0.717) is 12.1 Å². The van der Waals surface area contributed by atoms with E-state index in [-0.39, 0.29) is 11.7 Å². The SMILES string of the molecule is Cc1cccc(CNC(=O)C(C)(C)c2ccccc2F)n1. The van der Waals surface area contributed by atoms with Crippen LogP contribution in [0.5, 0.6) is 0 Å². The van der Waals surface area contributed by atoms with Crippen molar-refractivity contribution in [2.75, 3.05) is 0 Å². The van der Waals surface area contributed by atoms with Crippen LogP contribution >= 0.6 is 0 Å². The van der Waals surface area contributed by atoms with E-state index in [1.165, 1.54) is 6.07 Å². The van der Waals surface area contributed by atoms with Gasteiger partial charge in [-0.15, -0.1) is 0 Å². The number of amides is 1. The second kappa shape index (κ2) is 6.04. The number of carbonyl (C=O) groups excluding carboxylic acids is 1. The van der Waals surface area contributed by atoms with Crippen molar-refractivity contribution >= 4 is 5.91 Å². The molecule has 0 bridgehead atoms. The van der Waals surface area contributed by atoms with Crippen LogP contribution in [0.25, 0.3) is 0 Å². The van der Waals surface area contributed by atoms with Crippen molar-refractivity contribution in [2.24, 2.45) is 0 Å². The zero-order valence-electron chi connectivity index (χ0n) is 12.5. The Morgan fingerprint density at radius 2 is 1.90 bits per heavy atom. The number of aryl methyl sites for hydroxylation is 1. The number of benzene rings is 1. The number of nitrogens with zero attached hydrogens (tertiary/aromatic N) is 1. The Bertz CT molecular complexity index is 653. The number of hydrogen-bond donors (Lipinski definition) is 1. The number of halogens is 1. The zero-order valence-corrected chi connectivity index (χ0v) is 12.5. The van der Waals surface area contributed by atoms with Gasteiger partial charge in [0.2, 0.25) is 5.91 Å². The van der Waals surface area contributed by atoms with E-state index >= 15 is 0 Å². The molecule has 0 fully saturated rings. The molecule has 1 heterocycles. The lowest BCUT2D eigenvalue weighted by molar-refractivity contribution is -0.125. The molecule has 2 rings (SSSR count). The molecule has 1 aromatic heterocycles. The van der Waals surface area contributed by atoms with E-state index in [0.717, 1.165) is 11.4 Å². The molecule has 0 aliphatic carbocycles. The summed E-state index contributed by atoms with van der Waals surface area (Å²) < 4.78 is 13.9. The maximum atomic E-state index is 13.9. The van der Waals surface area contributed by atoms with Crippen molar-refractivity contribution in [1.82, 2.24) is 10.3 Å². The fraction of sp³-hybridized carbons (Fsp3) is 0.294. The average molecular weight is 286 g/mol. The van der Waals surface area contributed by atoms with Crippen LogP contribution in [0.1, 0.15) is 30.8 Å². The van der Waals surface area contributed by atoms with E-state index in [1.54, 1.807) is 32.0 Å². The maximum absolute atomic E-state index is 13.9. The monoisotopic (exact) mass is 286 g/mol. The number of hydrogen-bond acceptors (Lipinski definition) is 2. The third-order valence-electron chi connectivity index (χ3n) is 3.49. The van der Waals surface area contributed by atoms with Gasteiger partial charge in [-0.3, -0.25) is 9.78 Å². The van der Waals surface area contributed by atoms with Crippen molar-refractivity contribution < 1.29 is 9.18 Å². The minimum absolute atomic E-state index is 0.226. The molecule has 0 aliphatic heterocycles. The van der Waals surface area contributed by atoms with E-state index in [1.807, 2.05) is 25.1 Å². The lowest BCUT2D eigenvalue weighted by Gasteiger charge is -2.24. The second-order valence-electron chi connectivity index (χ2n) is 5.56. The van der Waals surface area contributed by atoms with Crippen molar-refractivity contribution in [3.8, 4) is 0 Å². The van der Waals surface area contributed by atoms with Crippen LogP contribution in [0.2, 0.25) is 0 Å². The summed E-state index contributed by atoms with van der Waals surface area (Å²) in [4.78, 5) is 16.7. The summed E-state index contributed by atoms with van der Waals surface area (Å²) in [6.45, 7) is 5.65. The molecule has 1 aromatic carbocycles. The Balaban J connectivity index is 2.11. The first kappa shape index (κ1) is 15.2. The molecule has 0 saturated carbocycles. The predicted molar refractivity (Wildman–Crippen MR) is 80.2 cm³/mol. The van der Waals surface area contributed by atoms with E-state index < -0.39 is 5.41 Å². The average Bonchev–Trinajstić information content (AvgIpc) is 2.45. The minimum atomic E-state index is -0.935. The van der Waals surface area contributed by atoms with Gasteiger partial charge in [-0.2, -0.15) is 0 Å². The van der Waals surface area contributed by atoms with E-state index in [2.05, 4.69) is 10.3 Å². The number of aromatic nitrogens is 1. The van der Waals surface area contributed by atoms with Gasteiger partial charge in [-0.1, -0.05) is 24.3 Å². The van der Waals surface area contributed by atoms with Gasteiger partial charge in [-0.05, 0) is 39.0 Å². The van der Waals surface area contributed by atoms with Gasteiger partial charge in [0.25, 0.3) is 0 Å². The largest absolute Gasteiger partial charge is 0.350 e. The molecule has 3 nitrogen and oxygen atoms in total. The molecule has 110 valence electrons. The Morgan fingerprint density at radius 1 is 1.19 bits per heavy atom. The third kappa shape index (κ3) is 3.45. The van der Waals surface area contributed by atoms with Crippen molar-refractivity contribution in [1.29, 1.82) is 0 Å². The highest BCUT2D eigenvalue weighted by Gasteiger charge is 2.31. The molecule has 1 amide bonds. The fourth-order valence-corrected chi connectivity index (χ4v) is 2.18. The van der Waals surface area contributed by atoms with Crippen molar-refractivity contribution in [3.05, 3.63) is 65.2 Å². The van der Waals surface area contributed by atoms with Gasteiger partial charge in [0, 0.05) is 11.3 Å². The molecular formula is C17H19FN2O. The summed E-state index contributed by atoms with van der Waals surface area (Å²) in [5, 5.41) is 2.82. The van der Waals surface area contributed by atoms with Crippen molar-refractivity contribution in [3.63, 3.8) is 0 Å². The molecular weight excluding hydrogens is 267 g/mol. The molecule has 0 aliphatic rings. The standard InChI is InChI=1S/C17H19FN2O/c1-12-7-6-8-13(20-12)11-19-16(21)17(2,3)14-9-4-5-10-15(14)18/h4-10H,11H2,1-3H3,(H,19,21). The van der Waals surface area contributed by atoms with Crippen LogP contribution < -0.4 is 5.32 Å². The first-order valence-electron chi connectivity index (χ1n) is 6.87. The van der Waals surface area contributed by atoms with Crippen LogP contribution in [0.4, 0.5) is 4.39 Å². The summed E-state index contributed by atoms with van der Waals surface area (Å²) in [5.41, 5.74) is 1.14. The lowest BCUT2D eigenvalue weighted by Crippen LogP contribution is -2.40. The topological polar surface area (TPSA) is 42.0 Å². The number of rotatable bonds is 4. The first-order chi connectivity index (χ1) is 9.91. The quantitative estimate of drug-likeness (QED) is 0.938. The predicted octanol–water partition coefficient (Wildman–Crippen LogP) is 3.12. The summed E-state index contributed by atoms with van der Waals surface area (Å²) in [5.74, 6) is -0.595. The van der Waals surface area contributed by atoms with Gasteiger partial charge in [0.15, 0.2) is 0 Å². The highest BCUT2D eigenvalue weighted by Crippen LogP contribution is 2.25. The highest BCUT2D eigenvalue weighted by atomic mass is 19.1. The molecule has 1 N–H and O–H groups in total. The molecule has 0 spiro atoms. The van der Waals surface area contributed by atoms with Crippen LogP contribution in [0.3, 0.4) is 0 Å². The summed E-state index contributed by atoms with van der Waals surface area (Å²) in [7, 11) is 0. The summed E-state index contributed by atoms with van der Waals surface area (Å²) in [6.07, 6.45) is 0. The fourth-order valence-electron chi connectivity index (χ4n) is 2.18.